The summed E-state index contributed by atoms with van der Waals surface area (Å²) >= 11 is 0. The van der Waals surface area contributed by atoms with Crippen LogP contribution < -0.4 is 5.73 Å². The van der Waals surface area contributed by atoms with Crippen LogP contribution in [-0.4, -0.2) is 43.0 Å². The number of methoxy groups -OCH3 is 1. The molecule has 1 saturated heterocycles. The van der Waals surface area contributed by atoms with Crippen LogP contribution in [0.4, 0.5) is 0 Å². The Kier molecular flexibility index (Phi) is 6.72. The summed E-state index contributed by atoms with van der Waals surface area (Å²) in [7, 11) is 1.37. The Labute approximate surface area is 109 Å². The second-order valence-corrected chi connectivity index (χ2v) is 4.72. The van der Waals surface area contributed by atoms with Gasteiger partial charge in [0.1, 0.15) is 6.04 Å². The van der Waals surface area contributed by atoms with Gasteiger partial charge < -0.3 is 15.4 Å². The first-order valence-electron chi connectivity index (χ1n) is 6.78. The molecule has 1 amide bonds. The van der Waals surface area contributed by atoms with Gasteiger partial charge in [0, 0.05) is 13.0 Å². The largest absolute Gasteiger partial charge is 0.467 e. The quantitative estimate of drug-likeness (QED) is 0.546. The summed E-state index contributed by atoms with van der Waals surface area (Å²) in [5, 5.41) is 0. The van der Waals surface area contributed by atoms with Gasteiger partial charge in [0.15, 0.2) is 0 Å². The van der Waals surface area contributed by atoms with Crippen LogP contribution in [0.5, 0.6) is 0 Å². The maximum atomic E-state index is 12.0. The van der Waals surface area contributed by atoms with Crippen molar-refractivity contribution in [2.45, 2.75) is 51.0 Å². The number of carbonyl (C=O) groups is 2. The molecule has 0 aliphatic carbocycles. The first-order valence-corrected chi connectivity index (χ1v) is 6.78. The summed E-state index contributed by atoms with van der Waals surface area (Å²) in [6.45, 7) is 1.39. The van der Waals surface area contributed by atoms with E-state index in [0.29, 0.717) is 19.5 Å². The highest BCUT2D eigenvalue weighted by Gasteiger charge is 2.34. The zero-order chi connectivity index (χ0) is 13.4. The van der Waals surface area contributed by atoms with Crippen molar-refractivity contribution in [3.8, 4) is 0 Å². The molecule has 1 unspecified atom stereocenters. The first-order chi connectivity index (χ1) is 8.70. The second-order valence-electron chi connectivity index (χ2n) is 4.72. The minimum Gasteiger partial charge on any atom is -0.467 e. The molecule has 0 saturated carbocycles. The van der Waals surface area contributed by atoms with E-state index in [1.807, 2.05) is 0 Å². The molecule has 0 aromatic rings. The number of hydrogen-bond acceptors (Lipinski definition) is 4. The van der Waals surface area contributed by atoms with Crippen molar-refractivity contribution >= 4 is 11.9 Å². The number of rotatable bonds is 7. The van der Waals surface area contributed by atoms with E-state index in [0.717, 1.165) is 38.5 Å². The lowest BCUT2D eigenvalue weighted by molar-refractivity contribution is -0.151. The number of nitrogens with zero attached hydrogens (tertiary/aromatic N) is 1. The van der Waals surface area contributed by atoms with Gasteiger partial charge in [0.2, 0.25) is 5.91 Å². The zero-order valence-corrected chi connectivity index (χ0v) is 11.2. The molecule has 1 aliphatic heterocycles. The SMILES string of the molecule is COC(=O)C1CCCN1C(=O)CCCCCCN. The predicted octanol–water partition coefficient (Wildman–Crippen LogP) is 1.06. The lowest BCUT2D eigenvalue weighted by Crippen LogP contribution is -2.40. The standard InChI is InChI=1S/C13H24N2O3/c1-18-13(17)11-7-6-10-15(11)12(16)8-4-2-3-5-9-14/h11H,2-10,14H2,1H3. The lowest BCUT2D eigenvalue weighted by atomic mass is 10.1. The second kappa shape index (κ2) is 8.08. The molecule has 0 aromatic heterocycles. The topological polar surface area (TPSA) is 72.6 Å². The molecule has 0 aromatic carbocycles. The molecule has 1 aliphatic rings. The van der Waals surface area contributed by atoms with Crippen molar-refractivity contribution in [2.24, 2.45) is 5.73 Å². The molecule has 1 rings (SSSR count). The van der Waals surface area contributed by atoms with Crippen molar-refractivity contribution in [1.82, 2.24) is 4.90 Å². The molecule has 104 valence electrons. The maximum absolute atomic E-state index is 12.0. The summed E-state index contributed by atoms with van der Waals surface area (Å²) < 4.78 is 4.73. The van der Waals surface area contributed by atoms with Gasteiger partial charge in [-0.2, -0.15) is 0 Å². The molecule has 18 heavy (non-hydrogen) atoms. The molecule has 2 N–H and O–H groups in total. The first kappa shape index (κ1) is 15.0. The summed E-state index contributed by atoms with van der Waals surface area (Å²) in [6, 6.07) is -0.355. The normalized spacial score (nSPS) is 19.0. The van der Waals surface area contributed by atoms with Crippen molar-refractivity contribution in [3.05, 3.63) is 0 Å². The summed E-state index contributed by atoms with van der Waals surface area (Å²) in [6.07, 6.45) is 6.14. The highest BCUT2D eigenvalue weighted by Crippen LogP contribution is 2.20. The number of ether oxygens (including phenoxy) is 1. The number of amides is 1. The Morgan fingerprint density at radius 1 is 1.28 bits per heavy atom. The van der Waals surface area contributed by atoms with E-state index >= 15 is 0 Å². The minimum absolute atomic E-state index is 0.0793. The van der Waals surface area contributed by atoms with Crippen LogP contribution in [0, 0.1) is 0 Å². The molecule has 1 heterocycles. The lowest BCUT2D eigenvalue weighted by Gasteiger charge is -2.22. The summed E-state index contributed by atoms with van der Waals surface area (Å²) in [4.78, 5) is 25.2. The molecule has 0 radical (unpaired) electrons. The summed E-state index contributed by atoms with van der Waals surface area (Å²) in [5.74, 6) is -0.209. The summed E-state index contributed by atoms with van der Waals surface area (Å²) in [5.41, 5.74) is 5.41. The zero-order valence-electron chi connectivity index (χ0n) is 11.2. The number of likely N-dealkylation sites (tertiary alicyclic amines) is 1. The Morgan fingerprint density at radius 2 is 2.00 bits per heavy atom. The van der Waals surface area contributed by atoms with E-state index in [9.17, 15) is 9.59 Å². The Hall–Kier alpha value is -1.10. The van der Waals surface area contributed by atoms with Gasteiger partial charge >= 0.3 is 5.97 Å². The fourth-order valence-electron chi connectivity index (χ4n) is 2.36. The van der Waals surface area contributed by atoms with Gasteiger partial charge in [-0.15, -0.1) is 0 Å². The van der Waals surface area contributed by atoms with Gasteiger partial charge in [-0.05, 0) is 32.2 Å². The average Bonchev–Trinajstić information content (AvgIpc) is 2.86. The van der Waals surface area contributed by atoms with E-state index in [1.54, 1.807) is 4.90 Å². The van der Waals surface area contributed by atoms with Crippen molar-refractivity contribution in [2.75, 3.05) is 20.2 Å². The van der Waals surface area contributed by atoms with Gasteiger partial charge in [0.25, 0.3) is 0 Å². The van der Waals surface area contributed by atoms with E-state index in [1.165, 1.54) is 7.11 Å². The van der Waals surface area contributed by atoms with Gasteiger partial charge in [0.05, 0.1) is 7.11 Å². The van der Waals surface area contributed by atoms with E-state index < -0.39 is 0 Å². The van der Waals surface area contributed by atoms with Crippen molar-refractivity contribution in [1.29, 1.82) is 0 Å². The van der Waals surface area contributed by atoms with Gasteiger partial charge in [-0.25, -0.2) is 4.79 Å². The Morgan fingerprint density at radius 3 is 2.67 bits per heavy atom. The maximum Gasteiger partial charge on any atom is 0.328 e. The van der Waals surface area contributed by atoms with Crippen LogP contribution in [-0.2, 0) is 14.3 Å². The van der Waals surface area contributed by atoms with Crippen molar-refractivity contribution in [3.63, 3.8) is 0 Å². The Bertz CT molecular complexity index is 281. The number of carbonyl (C=O) groups excluding carboxylic acids is 2. The number of hydrogen-bond donors (Lipinski definition) is 1. The smallest absolute Gasteiger partial charge is 0.328 e. The van der Waals surface area contributed by atoms with Crippen LogP contribution in [0.25, 0.3) is 0 Å². The average molecular weight is 256 g/mol. The molecule has 0 spiro atoms. The molecule has 1 atom stereocenters. The van der Waals surface area contributed by atoms with E-state index in [2.05, 4.69) is 0 Å². The third-order valence-corrected chi connectivity index (χ3v) is 3.39. The van der Waals surface area contributed by atoms with Crippen LogP contribution in [0.3, 0.4) is 0 Å². The molecular formula is C13H24N2O3. The fraction of sp³-hybridized carbons (Fsp3) is 0.846. The minimum atomic E-state index is -0.355. The van der Waals surface area contributed by atoms with Crippen LogP contribution in [0.1, 0.15) is 44.9 Å². The van der Waals surface area contributed by atoms with Crippen molar-refractivity contribution < 1.29 is 14.3 Å². The fourth-order valence-corrected chi connectivity index (χ4v) is 2.36. The highest BCUT2D eigenvalue weighted by molar-refractivity contribution is 5.85. The molecule has 5 nitrogen and oxygen atoms in total. The number of nitrogens with two attached hydrogens (primary N) is 1. The molecular weight excluding hydrogens is 232 g/mol. The predicted molar refractivity (Wildman–Crippen MR) is 68.9 cm³/mol. The van der Waals surface area contributed by atoms with Gasteiger partial charge in [-0.1, -0.05) is 12.8 Å². The van der Waals surface area contributed by atoms with Crippen LogP contribution >= 0.6 is 0 Å². The third kappa shape index (κ3) is 4.29. The third-order valence-electron chi connectivity index (χ3n) is 3.39. The highest BCUT2D eigenvalue weighted by atomic mass is 16.5. The van der Waals surface area contributed by atoms with E-state index in [4.69, 9.17) is 10.5 Å². The molecule has 0 bridgehead atoms. The molecule has 5 heteroatoms. The van der Waals surface area contributed by atoms with Crippen LogP contribution in [0.15, 0.2) is 0 Å². The number of unbranched alkanes of at least 4 members (excludes halogenated alkanes) is 3. The molecule has 1 fully saturated rings. The van der Waals surface area contributed by atoms with E-state index in [-0.39, 0.29) is 17.9 Å². The monoisotopic (exact) mass is 256 g/mol. The van der Waals surface area contributed by atoms with Crippen LogP contribution in [0.2, 0.25) is 0 Å². The van der Waals surface area contributed by atoms with Gasteiger partial charge in [-0.3, -0.25) is 4.79 Å². The number of esters is 1. The Balaban J connectivity index is 2.29.